The fourth-order valence-electron chi connectivity index (χ4n) is 2.58. The Morgan fingerprint density at radius 2 is 1.81 bits per heavy atom. The van der Waals surface area contributed by atoms with Crippen molar-refractivity contribution in [2.75, 3.05) is 0 Å². The van der Waals surface area contributed by atoms with Gasteiger partial charge in [-0.3, -0.25) is 14.5 Å². The van der Waals surface area contributed by atoms with Crippen molar-refractivity contribution >= 4 is 11.9 Å². The average molecular weight is 456 g/mol. The second kappa shape index (κ2) is 9.49. The van der Waals surface area contributed by atoms with E-state index < -0.39 is 29.8 Å². The molecular weight excluding hydrogens is 440 g/mol. The van der Waals surface area contributed by atoms with Crippen LogP contribution in [0.2, 0.25) is 0 Å². The summed E-state index contributed by atoms with van der Waals surface area (Å²) in [5.74, 6) is -1.96. The van der Waals surface area contributed by atoms with Crippen molar-refractivity contribution in [3.05, 3.63) is 53.4 Å². The highest BCUT2D eigenvalue weighted by Gasteiger charge is 2.30. The highest BCUT2D eigenvalue weighted by atomic mass is 19.4. The molecule has 0 aromatic carbocycles. The van der Waals surface area contributed by atoms with Crippen LogP contribution >= 0.6 is 0 Å². The van der Waals surface area contributed by atoms with Crippen molar-refractivity contribution in [3.63, 3.8) is 0 Å². The molecule has 3 aromatic heterocycles. The number of carboxylic acids is 1. The van der Waals surface area contributed by atoms with Crippen LogP contribution in [0.3, 0.4) is 0 Å². The smallest absolute Gasteiger partial charge is 0.416 e. The van der Waals surface area contributed by atoms with Gasteiger partial charge < -0.3 is 10.4 Å². The molecule has 1 unspecified atom stereocenters. The average Bonchev–Trinajstić information content (AvgIpc) is 3.40. The van der Waals surface area contributed by atoms with Crippen molar-refractivity contribution in [2.24, 2.45) is 0 Å². The molecule has 1 atom stereocenters. The lowest BCUT2D eigenvalue weighted by atomic mass is 10.2. The minimum atomic E-state index is -4.53. The summed E-state index contributed by atoms with van der Waals surface area (Å²) in [6.07, 6.45) is -2.60. The number of aryl methyl sites for hydroxylation is 1. The lowest BCUT2D eigenvalue weighted by Gasteiger charge is -2.08. The topological polar surface area (TPSA) is 141 Å². The van der Waals surface area contributed by atoms with E-state index in [2.05, 4.69) is 30.9 Å². The number of rotatable bonds is 9. The molecule has 3 rings (SSSR count). The first-order valence-corrected chi connectivity index (χ1v) is 9.10. The van der Waals surface area contributed by atoms with Crippen molar-refractivity contribution < 1.29 is 32.3 Å². The molecule has 3 aromatic rings. The molecule has 0 saturated carbocycles. The third-order valence-corrected chi connectivity index (χ3v) is 4.16. The molecule has 3 heterocycles. The molecule has 0 aliphatic rings. The first kappa shape index (κ1) is 22.8. The molecule has 15 heteroatoms. The van der Waals surface area contributed by atoms with E-state index in [1.165, 1.54) is 17.1 Å². The van der Waals surface area contributed by atoms with E-state index in [4.69, 9.17) is 5.11 Å². The molecule has 2 N–H and O–H groups in total. The third-order valence-electron chi connectivity index (χ3n) is 4.16. The highest BCUT2D eigenvalue weighted by Crippen LogP contribution is 2.28. The summed E-state index contributed by atoms with van der Waals surface area (Å²) >= 11 is 0. The van der Waals surface area contributed by atoms with Crippen LogP contribution in [0.5, 0.6) is 0 Å². The van der Waals surface area contributed by atoms with Gasteiger partial charge in [-0.25, -0.2) is 13.9 Å². The quantitative estimate of drug-likeness (QED) is 0.460. The van der Waals surface area contributed by atoms with Gasteiger partial charge >= 0.3 is 12.1 Å². The molecule has 0 bridgehead atoms. The summed E-state index contributed by atoms with van der Waals surface area (Å²) in [7, 11) is 0. The summed E-state index contributed by atoms with van der Waals surface area (Å²) in [5.41, 5.74) is -1.29. The molecule has 0 aliphatic heterocycles. The second-order valence-electron chi connectivity index (χ2n) is 6.60. The van der Waals surface area contributed by atoms with Crippen LogP contribution in [0, 0.1) is 0 Å². The van der Waals surface area contributed by atoms with Gasteiger partial charge in [0.2, 0.25) is 0 Å². The minimum Gasteiger partial charge on any atom is -0.476 e. The fraction of sp³-hybridized carbons (Fsp3) is 0.353. The van der Waals surface area contributed by atoms with Gasteiger partial charge in [-0.15, -0.1) is 10.2 Å². The number of pyridine rings is 1. The number of carboxylic acid groups (broad SMARTS) is 1. The molecule has 11 nitrogen and oxygen atoms in total. The van der Waals surface area contributed by atoms with E-state index in [1.54, 1.807) is 0 Å². The van der Waals surface area contributed by atoms with Gasteiger partial charge in [-0.05, 0) is 12.1 Å². The normalized spacial score (nSPS) is 12.5. The number of carbonyl (C=O) groups excluding carboxylic acids is 1. The predicted octanol–water partition coefficient (Wildman–Crippen LogP) is 1.34. The van der Waals surface area contributed by atoms with Gasteiger partial charge in [0.25, 0.3) is 5.91 Å². The number of hydrogen-bond acceptors (Lipinski definition) is 7. The molecular formula is C17H16F4N8O3. The van der Waals surface area contributed by atoms with Crippen molar-refractivity contribution in [2.45, 2.75) is 38.4 Å². The largest absolute Gasteiger partial charge is 0.476 e. The summed E-state index contributed by atoms with van der Waals surface area (Å²) in [6, 6.07) is 1.64. The SMILES string of the molecule is O=C(O)c1cn(CCC(F)Cn2cc(C(=O)NCc3cc(C(F)(F)F)ccn3)nn2)nn1. The molecule has 32 heavy (non-hydrogen) atoms. The number of alkyl halides is 4. The van der Waals surface area contributed by atoms with Crippen LogP contribution in [-0.2, 0) is 25.8 Å². The standard InChI is InChI=1S/C17H16F4N8O3/c18-11(2-4-28-9-14(16(31)32)25-26-28)7-29-8-13(24-27-29)15(30)23-6-12-5-10(1-3-22-12)17(19,20)21/h1,3,5,8-9,11H,2,4,6-7H2,(H,23,30)(H,31,32). The Kier molecular flexibility index (Phi) is 6.75. The zero-order chi connectivity index (χ0) is 23.3. The summed E-state index contributed by atoms with van der Waals surface area (Å²) < 4.78 is 54.7. The Morgan fingerprint density at radius 1 is 1.12 bits per heavy atom. The van der Waals surface area contributed by atoms with Gasteiger partial charge in [0, 0.05) is 19.2 Å². The van der Waals surface area contributed by atoms with E-state index in [0.717, 1.165) is 23.0 Å². The molecule has 0 aliphatic carbocycles. The Labute approximate surface area is 177 Å². The maximum atomic E-state index is 14.2. The highest BCUT2D eigenvalue weighted by molar-refractivity contribution is 5.91. The van der Waals surface area contributed by atoms with Crippen molar-refractivity contribution in [1.29, 1.82) is 0 Å². The van der Waals surface area contributed by atoms with Crippen LogP contribution in [0.15, 0.2) is 30.7 Å². The van der Waals surface area contributed by atoms with Crippen LogP contribution in [-0.4, -0.2) is 58.1 Å². The Bertz CT molecular complexity index is 1100. The van der Waals surface area contributed by atoms with E-state index in [1.807, 2.05) is 0 Å². The van der Waals surface area contributed by atoms with E-state index in [9.17, 15) is 27.2 Å². The number of halogens is 4. The zero-order valence-electron chi connectivity index (χ0n) is 16.2. The van der Waals surface area contributed by atoms with Gasteiger partial charge in [0.05, 0.1) is 36.7 Å². The van der Waals surface area contributed by atoms with Gasteiger partial charge in [-0.2, -0.15) is 13.2 Å². The number of aromatic carboxylic acids is 1. The Balaban J connectivity index is 1.49. The molecule has 170 valence electrons. The summed E-state index contributed by atoms with van der Waals surface area (Å²) in [4.78, 5) is 26.6. The van der Waals surface area contributed by atoms with Gasteiger partial charge in [0.15, 0.2) is 11.4 Å². The van der Waals surface area contributed by atoms with Crippen LogP contribution in [0.1, 0.15) is 38.7 Å². The molecule has 1 amide bonds. The number of nitrogens with one attached hydrogen (secondary N) is 1. The van der Waals surface area contributed by atoms with Gasteiger partial charge in [0.1, 0.15) is 6.17 Å². The second-order valence-corrected chi connectivity index (χ2v) is 6.60. The van der Waals surface area contributed by atoms with Crippen LogP contribution < -0.4 is 5.32 Å². The molecule has 0 saturated heterocycles. The summed E-state index contributed by atoms with van der Waals surface area (Å²) in [5, 5.41) is 25.4. The molecule has 0 fully saturated rings. The zero-order valence-corrected chi connectivity index (χ0v) is 16.2. The number of aromatic nitrogens is 7. The third kappa shape index (κ3) is 6.05. The number of nitrogens with zero attached hydrogens (tertiary/aromatic N) is 7. The lowest BCUT2D eigenvalue weighted by Crippen LogP contribution is -2.24. The van der Waals surface area contributed by atoms with E-state index in [0.29, 0.717) is 0 Å². The van der Waals surface area contributed by atoms with Gasteiger partial charge in [-0.1, -0.05) is 10.4 Å². The van der Waals surface area contributed by atoms with E-state index in [-0.39, 0.29) is 43.1 Å². The fourth-order valence-corrected chi connectivity index (χ4v) is 2.58. The maximum Gasteiger partial charge on any atom is 0.416 e. The van der Waals surface area contributed by atoms with E-state index >= 15 is 0 Å². The summed E-state index contributed by atoms with van der Waals surface area (Å²) in [6.45, 7) is -0.416. The first-order valence-electron chi connectivity index (χ1n) is 9.10. The monoisotopic (exact) mass is 456 g/mol. The van der Waals surface area contributed by atoms with Crippen molar-refractivity contribution in [1.82, 2.24) is 40.3 Å². The van der Waals surface area contributed by atoms with Crippen molar-refractivity contribution in [3.8, 4) is 0 Å². The molecule has 0 radical (unpaired) electrons. The van der Waals surface area contributed by atoms with Crippen LogP contribution in [0.4, 0.5) is 17.6 Å². The van der Waals surface area contributed by atoms with Crippen LogP contribution in [0.25, 0.3) is 0 Å². The Morgan fingerprint density at radius 3 is 2.50 bits per heavy atom. The predicted molar refractivity (Wildman–Crippen MR) is 96.9 cm³/mol. The maximum absolute atomic E-state index is 14.2. The Hall–Kier alpha value is -3.91. The number of amides is 1. The minimum absolute atomic E-state index is 0.00329. The number of carbonyl (C=O) groups is 2. The first-order chi connectivity index (χ1) is 15.1. The number of hydrogen-bond donors (Lipinski definition) is 2. The lowest BCUT2D eigenvalue weighted by molar-refractivity contribution is -0.137. The molecule has 0 spiro atoms.